The van der Waals surface area contributed by atoms with Gasteiger partial charge in [0.2, 0.25) is 0 Å². The molecule has 0 fully saturated rings. The molecule has 0 amide bonds. The predicted molar refractivity (Wildman–Crippen MR) is 219 cm³/mol. The Balaban J connectivity index is 1.08. The molecule has 0 radical (unpaired) electrons. The number of fused-ring (bicyclic) bond motifs is 8. The van der Waals surface area contributed by atoms with Crippen LogP contribution in [-0.4, -0.2) is 16.2 Å². The van der Waals surface area contributed by atoms with Gasteiger partial charge in [0, 0.05) is 45.2 Å². The molecule has 52 heavy (non-hydrogen) atoms. The van der Waals surface area contributed by atoms with Crippen molar-refractivity contribution in [1.82, 2.24) is 9.55 Å². The molecule has 0 saturated carbocycles. The monoisotopic (exact) mass is 692 g/mol. The van der Waals surface area contributed by atoms with Crippen LogP contribution in [0.2, 0.25) is 0 Å². The Morgan fingerprint density at radius 1 is 0.635 bits per heavy atom. The molecule has 0 saturated heterocycles. The molecule has 0 bridgehead atoms. The van der Waals surface area contributed by atoms with E-state index in [1.54, 1.807) is 0 Å². The fourth-order valence-electron chi connectivity index (χ4n) is 7.64. The smallest absolute Gasteiger partial charge is 0.137 e. The van der Waals surface area contributed by atoms with Crippen LogP contribution in [-0.2, 0) is 5.41 Å². The minimum atomic E-state index is 0.0113. The van der Waals surface area contributed by atoms with E-state index >= 15 is 0 Å². The van der Waals surface area contributed by atoms with Crippen molar-refractivity contribution in [3.63, 3.8) is 0 Å². The summed E-state index contributed by atoms with van der Waals surface area (Å²) in [6.07, 6.45) is 2.03. The third kappa shape index (κ3) is 4.94. The van der Waals surface area contributed by atoms with Crippen molar-refractivity contribution >= 4 is 76.1 Å². The summed E-state index contributed by atoms with van der Waals surface area (Å²) in [4.78, 5) is 9.79. The molecular formula is C46H36N4OS. The van der Waals surface area contributed by atoms with Gasteiger partial charge in [-0.15, -0.1) is 11.3 Å². The molecule has 0 spiro atoms. The Morgan fingerprint density at radius 3 is 2.15 bits per heavy atom. The second kappa shape index (κ2) is 11.7. The molecule has 5 nitrogen and oxygen atoms in total. The van der Waals surface area contributed by atoms with Crippen molar-refractivity contribution in [2.45, 2.75) is 26.2 Å². The lowest BCUT2D eigenvalue weighted by Crippen LogP contribution is -2.23. The maximum absolute atomic E-state index is 6.70. The first-order valence-corrected chi connectivity index (χ1v) is 18.5. The molecule has 0 unspecified atom stereocenters. The third-order valence-electron chi connectivity index (χ3n) is 10.3. The van der Waals surface area contributed by atoms with E-state index in [0.29, 0.717) is 6.67 Å². The van der Waals surface area contributed by atoms with Gasteiger partial charge in [-0.05, 0) is 82.4 Å². The molecule has 9 aromatic rings. The van der Waals surface area contributed by atoms with Crippen molar-refractivity contribution in [2.75, 3.05) is 16.5 Å². The first-order valence-electron chi connectivity index (χ1n) is 17.7. The highest BCUT2D eigenvalue weighted by Crippen LogP contribution is 2.47. The second-order valence-electron chi connectivity index (χ2n) is 14.5. The average molecular weight is 693 g/mol. The SMILES string of the molecule is CC(C)(C)c1ccc(-n2c3cc(Oc4cccc(N5CN(c6ccccc6)c6ccccc65)c4)ccc3c3sc4ccc5ccccc5c4c32)nc1. The zero-order chi connectivity index (χ0) is 35.0. The Hall–Kier alpha value is -6.11. The quantitative estimate of drug-likeness (QED) is 0.180. The Morgan fingerprint density at radius 2 is 1.37 bits per heavy atom. The molecular weight excluding hydrogens is 657 g/mol. The van der Waals surface area contributed by atoms with Gasteiger partial charge in [0.15, 0.2) is 0 Å². The van der Waals surface area contributed by atoms with Gasteiger partial charge in [0.1, 0.15) is 24.0 Å². The molecule has 10 rings (SSSR count). The number of para-hydroxylation sites is 3. The molecule has 1 aliphatic rings. The predicted octanol–water partition coefficient (Wildman–Crippen LogP) is 12.9. The summed E-state index contributed by atoms with van der Waals surface area (Å²) in [5.74, 6) is 2.47. The van der Waals surface area contributed by atoms with Gasteiger partial charge in [-0.1, -0.05) is 93.6 Å². The molecule has 252 valence electrons. The van der Waals surface area contributed by atoms with E-state index in [4.69, 9.17) is 9.72 Å². The van der Waals surface area contributed by atoms with Crippen LogP contribution < -0.4 is 14.5 Å². The largest absolute Gasteiger partial charge is 0.457 e. The van der Waals surface area contributed by atoms with Crippen molar-refractivity contribution < 1.29 is 4.74 Å². The van der Waals surface area contributed by atoms with Gasteiger partial charge in [0.25, 0.3) is 0 Å². The van der Waals surface area contributed by atoms with Gasteiger partial charge in [0.05, 0.1) is 27.1 Å². The highest BCUT2D eigenvalue weighted by atomic mass is 32.1. The number of nitrogens with zero attached hydrogens (tertiary/aromatic N) is 4. The Kier molecular flexibility index (Phi) is 6.92. The summed E-state index contributed by atoms with van der Waals surface area (Å²) in [7, 11) is 0. The summed E-state index contributed by atoms with van der Waals surface area (Å²) in [6, 6.07) is 51.6. The zero-order valence-corrected chi connectivity index (χ0v) is 30.1. The van der Waals surface area contributed by atoms with E-state index in [-0.39, 0.29) is 5.41 Å². The highest BCUT2D eigenvalue weighted by molar-refractivity contribution is 7.27. The van der Waals surface area contributed by atoms with E-state index in [1.165, 1.54) is 59.1 Å². The second-order valence-corrected chi connectivity index (χ2v) is 15.6. The lowest BCUT2D eigenvalue weighted by Gasteiger charge is -2.22. The summed E-state index contributed by atoms with van der Waals surface area (Å²) in [5.41, 5.74) is 8.10. The van der Waals surface area contributed by atoms with Gasteiger partial charge < -0.3 is 14.5 Å². The van der Waals surface area contributed by atoms with Crippen LogP contribution in [0.15, 0.2) is 152 Å². The Bertz CT molecular complexity index is 2790. The van der Waals surface area contributed by atoms with E-state index < -0.39 is 0 Å². The minimum absolute atomic E-state index is 0.0113. The number of anilines is 4. The number of benzene rings is 6. The van der Waals surface area contributed by atoms with Gasteiger partial charge >= 0.3 is 0 Å². The van der Waals surface area contributed by atoms with E-state index in [1.807, 2.05) is 23.6 Å². The fourth-order valence-corrected chi connectivity index (χ4v) is 8.87. The first-order chi connectivity index (χ1) is 25.4. The van der Waals surface area contributed by atoms with Crippen LogP contribution in [0.25, 0.3) is 47.8 Å². The Labute approximate surface area is 306 Å². The zero-order valence-electron chi connectivity index (χ0n) is 29.2. The standard InChI is InChI=1S/C46H36N4OS/c1-46(2,3)31-21-25-42(47-28-31)50-40-27-35(22-23-37(40)45-44(50)43-36-17-8-7-12-30(36)20-24-41(43)52-45)51-34-16-11-15-33(26-34)49-29-48(32-13-5-4-6-14-32)38-18-9-10-19-39(38)49/h4-28H,29H2,1-3H3. The van der Waals surface area contributed by atoms with Gasteiger partial charge in [-0.3, -0.25) is 4.57 Å². The van der Waals surface area contributed by atoms with Gasteiger partial charge in [-0.2, -0.15) is 0 Å². The number of hydrogen-bond acceptors (Lipinski definition) is 5. The average Bonchev–Trinajstić information content (AvgIpc) is 3.84. The summed E-state index contributed by atoms with van der Waals surface area (Å²) >= 11 is 1.85. The molecule has 4 heterocycles. The van der Waals surface area contributed by atoms with Crippen LogP contribution in [0.5, 0.6) is 11.5 Å². The van der Waals surface area contributed by atoms with Crippen molar-refractivity contribution in [3.05, 3.63) is 157 Å². The first kappa shape index (κ1) is 30.7. The molecule has 1 aliphatic heterocycles. The number of ether oxygens (including phenoxy) is 1. The number of thiophene rings is 1. The lowest BCUT2D eigenvalue weighted by atomic mass is 9.88. The number of rotatable bonds is 5. The maximum atomic E-state index is 6.70. The topological polar surface area (TPSA) is 33.5 Å². The molecule has 0 aliphatic carbocycles. The lowest BCUT2D eigenvalue weighted by molar-refractivity contribution is 0.483. The summed E-state index contributed by atoms with van der Waals surface area (Å²) in [6.45, 7) is 7.40. The molecule has 6 heteroatoms. The third-order valence-corrected chi connectivity index (χ3v) is 11.4. The van der Waals surface area contributed by atoms with Crippen LogP contribution in [0.1, 0.15) is 26.3 Å². The van der Waals surface area contributed by atoms with E-state index in [0.717, 1.165) is 28.5 Å². The van der Waals surface area contributed by atoms with E-state index in [2.05, 4.69) is 175 Å². The normalized spacial score (nSPS) is 13.1. The summed E-state index contributed by atoms with van der Waals surface area (Å²) in [5, 5.41) is 4.95. The van der Waals surface area contributed by atoms with Crippen molar-refractivity contribution in [2.24, 2.45) is 0 Å². The summed E-state index contributed by atoms with van der Waals surface area (Å²) < 4.78 is 11.6. The van der Waals surface area contributed by atoms with Crippen LogP contribution >= 0.6 is 11.3 Å². The maximum Gasteiger partial charge on any atom is 0.137 e. The number of pyridine rings is 1. The van der Waals surface area contributed by atoms with Crippen LogP contribution in [0, 0.1) is 0 Å². The van der Waals surface area contributed by atoms with Crippen molar-refractivity contribution in [3.8, 4) is 17.3 Å². The van der Waals surface area contributed by atoms with Crippen LogP contribution in [0.3, 0.4) is 0 Å². The number of aromatic nitrogens is 2. The fraction of sp³-hybridized carbons (Fsp3) is 0.109. The van der Waals surface area contributed by atoms with Crippen molar-refractivity contribution in [1.29, 1.82) is 0 Å². The molecule has 0 N–H and O–H groups in total. The van der Waals surface area contributed by atoms with Crippen LogP contribution in [0.4, 0.5) is 22.7 Å². The molecule has 6 aromatic carbocycles. The van der Waals surface area contributed by atoms with Gasteiger partial charge in [-0.25, -0.2) is 4.98 Å². The number of hydrogen-bond donors (Lipinski definition) is 0. The molecule has 3 aromatic heterocycles. The van der Waals surface area contributed by atoms with E-state index in [9.17, 15) is 0 Å². The minimum Gasteiger partial charge on any atom is -0.457 e. The highest BCUT2D eigenvalue weighted by Gasteiger charge is 2.28. The molecule has 0 atom stereocenters.